The Morgan fingerprint density at radius 1 is 1.06 bits per heavy atom. The quantitative estimate of drug-likeness (QED) is 0.807. The Balaban J connectivity index is 2.23. The van der Waals surface area contributed by atoms with E-state index in [-0.39, 0.29) is 11.7 Å². The predicted octanol–water partition coefficient (Wildman–Crippen LogP) is 3.29. The number of Topliss-reactive ketones (excluding diaryl/α,β-unsaturated/α-hetero) is 1. The van der Waals surface area contributed by atoms with Gasteiger partial charge in [-0.1, -0.05) is 32.0 Å². The van der Waals surface area contributed by atoms with Gasteiger partial charge in [-0.25, -0.2) is 0 Å². The first-order valence-corrected chi connectivity index (χ1v) is 6.06. The second-order valence-electron chi connectivity index (χ2n) is 4.47. The van der Waals surface area contributed by atoms with Crippen molar-refractivity contribution in [1.82, 2.24) is 4.57 Å². The fourth-order valence-corrected chi connectivity index (χ4v) is 1.68. The van der Waals surface area contributed by atoms with E-state index in [1.165, 1.54) is 0 Å². The SMILES string of the molecule is CC(C)C(=O)C(Oc1ccccc1)n1cccc1. The minimum absolute atomic E-state index is 0.0649. The Morgan fingerprint density at radius 2 is 1.67 bits per heavy atom. The van der Waals surface area contributed by atoms with Crippen LogP contribution in [0.2, 0.25) is 0 Å². The van der Waals surface area contributed by atoms with Gasteiger partial charge in [0.2, 0.25) is 6.23 Å². The first kappa shape index (κ1) is 12.4. The number of hydrogen-bond donors (Lipinski definition) is 0. The van der Waals surface area contributed by atoms with Gasteiger partial charge in [0.25, 0.3) is 0 Å². The topological polar surface area (TPSA) is 31.2 Å². The van der Waals surface area contributed by atoms with Crippen LogP contribution in [0.3, 0.4) is 0 Å². The van der Waals surface area contributed by atoms with Crippen LogP contribution in [0.25, 0.3) is 0 Å². The average Bonchev–Trinajstić information content (AvgIpc) is 2.90. The molecule has 3 nitrogen and oxygen atoms in total. The summed E-state index contributed by atoms with van der Waals surface area (Å²) in [6, 6.07) is 13.2. The molecule has 0 saturated carbocycles. The Labute approximate surface area is 107 Å². The lowest BCUT2D eigenvalue weighted by Gasteiger charge is -2.21. The Morgan fingerprint density at radius 3 is 2.22 bits per heavy atom. The first-order chi connectivity index (χ1) is 8.68. The summed E-state index contributed by atoms with van der Waals surface area (Å²) < 4.78 is 7.58. The van der Waals surface area contributed by atoms with Crippen LogP contribution in [0.4, 0.5) is 0 Å². The maximum atomic E-state index is 12.2. The molecule has 0 spiro atoms. The Hall–Kier alpha value is -2.03. The smallest absolute Gasteiger partial charge is 0.235 e. The second-order valence-corrected chi connectivity index (χ2v) is 4.47. The van der Waals surface area contributed by atoms with Crippen molar-refractivity contribution in [2.75, 3.05) is 0 Å². The molecule has 1 aromatic heterocycles. The van der Waals surface area contributed by atoms with E-state index in [0.29, 0.717) is 5.75 Å². The van der Waals surface area contributed by atoms with Crippen LogP contribution in [0.15, 0.2) is 54.9 Å². The number of para-hydroxylation sites is 1. The van der Waals surface area contributed by atoms with Crippen molar-refractivity contribution in [1.29, 1.82) is 0 Å². The van der Waals surface area contributed by atoms with Crippen LogP contribution in [0, 0.1) is 5.92 Å². The number of carbonyl (C=O) groups is 1. The summed E-state index contributed by atoms with van der Waals surface area (Å²) >= 11 is 0. The van der Waals surface area contributed by atoms with Gasteiger partial charge in [0.05, 0.1) is 0 Å². The Bertz CT molecular complexity index is 488. The van der Waals surface area contributed by atoms with E-state index in [9.17, 15) is 4.79 Å². The molecule has 94 valence electrons. The molecule has 0 N–H and O–H groups in total. The summed E-state index contributed by atoms with van der Waals surface area (Å²) in [5.74, 6) is 0.696. The maximum Gasteiger partial charge on any atom is 0.235 e. The van der Waals surface area contributed by atoms with E-state index in [1.54, 1.807) is 4.57 Å². The van der Waals surface area contributed by atoms with E-state index in [1.807, 2.05) is 68.7 Å². The monoisotopic (exact) mass is 243 g/mol. The molecular weight excluding hydrogens is 226 g/mol. The molecule has 2 rings (SSSR count). The molecule has 0 fully saturated rings. The molecule has 0 amide bonds. The lowest BCUT2D eigenvalue weighted by Crippen LogP contribution is -2.27. The highest BCUT2D eigenvalue weighted by atomic mass is 16.5. The molecule has 0 aliphatic heterocycles. The molecule has 1 heterocycles. The van der Waals surface area contributed by atoms with Crippen LogP contribution in [0.1, 0.15) is 20.1 Å². The maximum absolute atomic E-state index is 12.2. The third-order valence-electron chi connectivity index (χ3n) is 2.70. The molecule has 0 radical (unpaired) electrons. The zero-order valence-corrected chi connectivity index (χ0v) is 10.6. The van der Waals surface area contributed by atoms with E-state index < -0.39 is 6.23 Å². The first-order valence-electron chi connectivity index (χ1n) is 6.06. The molecule has 0 aliphatic carbocycles. The van der Waals surface area contributed by atoms with Gasteiger partial charge in [-0.3, -0.25) is 4.79 Å². The molecule has 1 aromatic carbocycles. The highest BCUT2D eigenvalue weighted by Gasteiger charge is 2.24. The van der Waals surface area contributed by atoms with Crippen molar-refractivity contribution in [2.24, 2.45) is 5.92 Å². The fraction of sp³-hybridized carbons (Fsp3) is 0.267. The van der Waals surface area contributed by atoms with Crippen LogP contribution in [-0.4, -0.2) is 10.4 Å². The lowest BCUT2D eigenvalue weighted by molar-refractivity contribution is -0.132. The zero-order chi connectivity index (χ0) is 13.0. The van der Waals surface area contributed by atoms with Gasteiger partial charge in [0, 0.05) is 18.3 Å². The summed E-state index contributed by atoms with van der Waals surface area (Å²) in [4.78, 5) is 12.2. The predicted molar refractivity (Wildman–Crippen MR) is 70.4 cm³/mol. The number of benzene rings is 1. The van der Waals surface area contributed by atoms with Crippen molar-refractivity contribution >= 4 is 5.78 Å². The number of carbonyl (C=O) groups excluding carboxylic acids is 1. The minimum atomic E-state index is -0.595. The fourth-order valence-electron chi connectivity index (χ4n) is 1.68. The van der Waals surface area contributed by atoms with E-state index >= 15 is 0 Å². The van der Waals surface area contributed by atoms with Crippen molar-refractivity contribution in [3.8, 4) is 5.75 Å². The number of ketones is 1. The van der Waals surface area contributed by atoms with Crippen LogP contribution < -0.4 is 4.74 Å². The van der Waals surface area contributed by atoms with E-state index in [2.05, 4.69) is 0 Å². The number of nitrogens with zero attached hydrogens (tertiary/aromatic N) is 1. The third kappa shape index (κ3) is 2.80. The normalized spacial score (nSPS) is 12.4. The van der Waals surface area contributed by atoms with Crippen molar-refractivity contribution < 1.29 is 9.53 Å². The largest absolute Gasteiger partial charge is 0.463 e. The standard InChI is InChI=1S/C15H17NO2/c1-12(2)14(17)15(16-10-6-7-11-16)18-13-8-4-3-5-9-13/h3-12,15H,1-2H3. The number of rotatable bonds is 5. The number of hydrogen-bond acceptors (Lipinski definition) is 2. The minimum Gasteiger partial charge on any atom is -0.463 e. The molecule has 3 heteroatoms. The van der Waals surface area contributed by atoms with Crippen LogP contribution >= 0.6 is 0 Å². The highest BCUT2D eigenvalue weighted by molar-refractivity contribution is 5.83. The van der Waals surface area contributed by atoms with Crippen molar-refractivity contribution in [3.05, 3.63) is 54.9 Å². The summed E-state index contributed by atoms with van der Waals surface area (Å²) in [6.45, 7) is 3.76. The third-order valence-corrected chi connectivity index (χ3v) is 2.70. The molecule has 1 atom stereocenters. The molecule has 0 saturated heterocycles. The average molecular weight is 243 g/mol. The molecule has 18 heavy (non-hydrogen) atoms. The van der Waals surface area contributed by atoms with E-state index in [0.717, 1.165) is 0 Å². The molecular formula is C15H17NO2. The van der Waals surface area contributed by atoms with Crippen LogP contribution in [-0.2, 0) is 4.79 Å². The van der Waals surface area contributed by atoms with Crippen molar-refractivity contribution in [2.45, 2.75) is 20.1 Å². The van der Waals surface area contributed by atoms with Crippen molar-refractivity contribution in [3.63, 3.8) is 0 Å². The van der Waals surface area contributed by atoms with Gasteiger partial charge >= 0.3 is 0 Å². The van der Waals surface area contributed by atoms with Gasteiger partial charge in [0.1, 0.15) is 5.75 Å². The Kier molecular flexibility index (Phi) is 3.82. The number of aromatic nitrogens is 1. The lowest BCUT2D eigenvalue weighted by atomic mass is 10.1. The number of ether oxygens (including phenoxy) is 1. The van der Waals surface area contributed by atoms with E-state index in [4.69, 9.17) is 4.74 Å². The summed E-state index contributed by atoms with van der Waals surface area (Å²) in [5, 5.41) is 0. The zero-order valence-electron chi connectivity index (χ0n) is 10.6. The van der Waals surface area contributed by atoms with Gasteiger partial charge in [0.15, 0.2) is 5.78 Å². The molecule has 2 aromatic rings. The molecule has 0 aliphatic rings. The van der Waals surface area contributed by atoms with Crippen LogP contribution in [0.5, 0.6) is 5.75 Å². The van der Waals surface area contributed by atoms with Gasteiger partial charge in [-0.15, -0.1) is 0 Å². The second kappa shape index (κ2) is 5.54. The highest BCUT2D eigenvalue weighted by Crippen LogP contribution is 2.20. The molecule has 1 unspecified atom stereocenters. The van der Waals surface area contributed by atoms with Gasteiger partial charge in [-0.05, 0) is 24.3 Å². The molecule has 0 bridgehead atoms. The summed E-state index contributed by atoms with van der Waals surface area (Å²) in [6.07, 6.45) is 3.09. The van der Waals surface area contributed by atoms with Gasteiger partial charge < -0.3 is 9.30 Å². The van der Waals surface area contributed by atoms with Gasteiger partial charge in [-0.2, -0.15) is 0 Å². The summed E-state index contributed by atoms with van der Waals surface area (Å²) in [5.41, 5.74) is 0. The summed E-state index contributed by atoms with van der Waals surface area (Å²) in [7, 11) is 0.